The Labute approximate surface area is 179 Å². The molecule has 1 aliphatic heterocycles. The van der Waals surface area contributed by atoms with Crippen molar-refractivity contribution in [3.8, 4) is 0 Å². The van der Waals surface area contributed by atoms with Gasteiger partial charge in [0, 0.05) is 12.6 Å². The van der Waals surface area contributed by atoms with E-state index in [1.165, 1.54) is 0 Å². The number of benzene rings is 2. The van der Waals surface area contributed by atoms with E-state index in [1.807, 2.05) is 60.7 Å². The smallest absolute Gasteiger partial charge is 0.414 e. The van der Waals surface area contributed by atoms with Gasteiger partial charge in [0.2, 0.25) is 0 Å². The van der Waals surface area contributed by atoms with E-state index in [1.54, 1.807) is 0 Å². The molecular weight excluding hydrogens is 404 g/mol. The molecule has 1 saturated heterocycles. The third kappa shape index (κ3) is 9.39. The van der Waals surface area contributed by atoms with Crippen LogP contribution in [0, 0.1) is 0 Å². The predicted octanol–water partition coefficient (Wildman–Crippen LogP) is 1.73. The van der Waals surface area contributed by atoms with Crippen LogP contribution in [0.4, 0.5) is 0 Å². The van der Waals surface area contributed by atoms with Crippen LogP contribution in [0.3, 0.4) is 0 Å². The second kappa shape index (κ2) is 13.1. The van der Waals surface area contributed by atoms with Crippen molar-refractivity contribution in [2.24, 2.45) is 0 Å². The van der Waals surface area contributed by atoms with Crippen molar-refractivity contribution in [3.63, 3.8) is 0 Å². The molecule has 0 bridgehead atoms. The van der Waals surface area contributed by atoms with Gasteiger partial charge in [-0.15, -0.1) is 0 Å². The molecule has 9 heteroatoms. The van der Waals surface area contributed by atoms with Gasteiger partial charge in [0.25, 0.3) is 0 Å². The van der Waals surface area contributed by atoms with Crippen molar-refractivity contribution in [1.29, 1.82) is 0 Å². The number of rotatable bonds is 7. The molecule has 1 aliphatic rings. The number of aliphatic carboxylic acids is 2. The summed E-state index contributed by atoms with van der Waals surface area (Å²) in [5.41, 5.74) is 5.20. The summed E-state index contributed by atoms with van der Waals surface area (Å²) in [5.74, 6) is -3.84. The van der Waals surface area contributed by atoms with Crippen LogP contribution in [-0.2, 0) is 37.2 Å². The van der Waals surface area contributed by atoms with Gasteiger partial charge in [-0.2, -0.15) is 5.48 Å². The average molecular weight is 430 g/mol. The van der Waals surface area contributed by atoms with Gasteiger partial charge < -0.3 is 20.3 Å². The first-order valence-electron chi connectivity index (χ1n) is 9.77. The minimum atomic E-state index is -1.82. The summed E-state index contributed by atoms with van der Waals surface area (Å²) >= 11 is 0. The van der Waals surface area contributed by atoms with Crippen molar-refractivity contribution in [2.45, 2.75) is 38.1 Å². The Morgan fingerprint density at radius 1 is 0.871 bits per heavy atom. The highest BCUT2D eigenvalue weighted by atomic mass is 16.6. The van der Waals surface area contributed by atoms with Gasteiger partial charge in [-0.3, -0.25) is 9.63 Å². The molecule has 0 unspecified atom stereocenters. The van der Waals surface area contributed by atoms with E-state index in [-0.39, 0.29) is 18.1 Å². The second-order valence-corrected chi connectivity index (χ2v) is 6.83. The van der Waals surface area contributed by atoms with Crippen LogP contribution in [0.5, 0.6) is 0 Å². The summed E-state index contributed by atoms with van der Waals surface area (Å²) in [7, 11) is 0. The zero-order valence-electron chi connectivity index (χ0n) is 16.9. The van der Waals surface area contributed by atoms with E-state index in [0.29, 0.717) is 19.8 Å². The molecule has 0 aromatic heterocycles. The number of piperidine rings is 1. The number of nitrogens with one attached hydrogen (secondary N) is 2. The van der Waals surface area contributed by atoms with Crippen LogP contribution in [0.1, 0.15) is 24.0 Å². The van der Waals surface area contributed by atoms with Crippen molar-refractivity contribution in [2.75, 3.05) is 6.54 Å². The Morgan fingerprint density at radius 3 is 1.90 bits per heavy atom. The monoisotopic (exact) mass is 430 g/mol. The molecular formula is C22H26N2O7. The minimum absolute atomic E-state index is 0.187. The summed E-state index contributed by atoms with van der Waals surface area (Å²) in [6.07, 6.45) is 1.60. The molecule has 1 fully saturated rings. The Kier molecular flexibility index (Phi) is 10.2. The lowest BCUT2D eigenvalue weighted by Gasteiger charge is -2.28. The number of hydrogen-bond donors (Lipinski definition) is 4. The minimum Gasteiger partial charge on any atom is -0.473 e. The number of hydrogen-bond acceptors (Lipinski definition) is 7. The highest BCUT2D eigenvalue weighted by Crippen LogP contribution is 2.11. The number of ether oxygens (including phenoxy) is 1. The first-order valence-corrected chi connectivity index (χ1v) is 9.77. The van der Waals surface area contributed by atoms with E-state index in [2.05, 4.69) is 10.8 Å². The van der Waals surface area contributed by atoms with Crippen molar-refractivity contribution in [1.82, 2.24) is 10.8 Å². The van der Waals surface area contributed by atoms with Gasteiger partial charge in [0.05, 0.1) is 6.61 Å². The lowest BCUT2D eigenvalue weighted by Crippen LogP contribution is -2.51. The Morgan fingerprint density at radius 2 is 1.42 bits per heavy atom. The molecule has 0 saturated carbocycles. The molecule has 3 rings (SSSR count). The zero-order valence-corrected chi connectivity index (χ0v) is 16.9. The number of carbonyl (C=O) groups excluding carboxylic acids is 1. The van der Waals surface area contributed by atoms with E-state index in [9.17, 15) is 4.79 Å². The number of carboxylic acid groups (broad SMARTS) is 2. The fourth-order valence-corrected chi connectivity index (χ4v) is 2.80. The van der Waals surface area contributed by atoms with Gasteiger partial charge >= 0.3 is 17.9 Å². The topological polar surface area (TPSA) is 134 Å². The van der Waals surface area contributed by atoms with Crippen molar-refractivity contribution < 1.29 is 34.2 Å². The lowest BCUT2D eigenvalue weighted by atomic mass is 10.0. The van der Waals surface area contributed by atoms with Gasteiger partial charge in [-0.05, 0) is 24.0 Å². The van der Waals surface area contributed by atoms with E-state index >= 15 is 0 Å². The summed E-state index contributed by atoms with van der Waals surface area (Å²) in [6, 6.07) is 19.7. The molecule has 2 atom stereocenters. The quantitative estimate of drug-likeness (QED) is 0.294. The van der Waals surface area contributed by atoms with Gasteiger partial charge in [-0.1, -0.05) is 60.7 Å². The normalized spacial score (nSPS) is 17.7. The van der Waals surface area contributed by atoms with Gasteiger partial charge in [0.1, 0.15) is 12.6 Å². The molecule has 2 aromatic carbocycles. The molecule has 1 heterocycles. The zero-order chi connectivity index (χ0) is 22.5. The largest absolute Gasteiger partial charge is 0.473 e. The molecule has 31 heavy (non-hydrogen) atoms. The summed E-state index contributed by atoms with van der Waals surface area (Å²) in [6.45, 7) is 1.53. The Bertz CT molecular complexity index is 810. The number of hydroxylamine groups is 1. The SMILES string of the molecule is O=C(O)C(=O)O.O=C(OCc1ccccc1)[C@@H]1CC[C@H](NOCc2ccccc2)CN1. The summed E-state index contributed by atoms with van der Waals surface area (Å²) in [4.78, 5) is 35.9. The van der Waals surface area contributed by atoms with E-state index in [4.69, 9.17) is 29.4 Å². The third-order valence-electron chi connectivity index (χ3n) is 4.44. The van der Waals surface area contributed by atoms with Gasteiger partial charge in [0.15, 0.2) is 0 Å². The number of carbonyl (C=O) groups is 3. The standard InChI is InChI=1S/C20H24N2O3.C2H2O4/c23-20(24-14-16-7-3-1-4-8-16)19-12-11-18(13-21-19)22-25-15-17-9-5-2-6-10-17;3-1(4)2(5)6/h1-10,18-19,21-22H,11-15H2;(H,3,4)(H,5,6)/t18-,19-;/m0./s1. The lowest BCUT2D eigenvalue weighted by molar-refractivity contribution is -0.159. The first-order chi connectivity index (χ1) is 15.0. The highest BCUT2D eigenvalue weighted by Gasteiger charge is 2.26. The summed E-state index contributed by atoms with van der Waals surface area (Å²) < 4.78 is 5.39. The molecule has 0 aliphatic carbocycles. The fourth-order valence-electron chi connectivity index (χ4n) is 2.80. The van der Waals surface area contributed by atoms with Crippen LogP contribution < -0.4 is 10.8 Å². The second-order valence-electron chi connectivity index (χ2n) is 6.83. The molecule has 0 radical (unpaired) electrons. The molecule has 166 valence electrons. The summed E-state index contributed by atoms with van der Waals surface area (Å²) in [5, 5.41) is 18.0. The van der Waals surface area contributed by atoms with Crippen LogP contribution >= 0.6 is 0 Å². The van der Waals surface area contributed by atoms with Crippen LogP contribution in [0.25, 0.3) is 0 Å². The van der Waals surface area contributed by atoms with Gasteiger partial charge in [-0.25, -0.2) is 9.59 Å². The van der Waals surface area contributed by atoms with Crippen LogP contribution in [-0.4, -0.2) is 46.7 Å². The maximum atomic E-state index is 12.1. The predicted molar refractivity (Wildman–Crippen MR) is 111 cm³/mol. The number of esters is 1. The molecule has 4 N–H and O–H groups in total. The average Bonchev–Trinajstić information content (AvgIpc) is 2.80. The van der Waals surface area contributed by atoms with Crippen molar-refractivity contribution >= 4 is 17.9 Å². The highest BCUT2D eigenvalue weighted by molar-refractivity contribution is 6.27. The molecule has 2 aromatic rings. The maximum absolute atomic E-state index is 12.1. The Balaban J connectivity index is 0.000000501. The van der Waals surface area contributed by atoms with E-state index < -0.39 is 11.9 Å². The first kappa shape index (κ1) is 24.0. The molecule has 0 spiro atoms. The van der Waals surface area contributed by atoms with E-state index in [0.717, 1.165) is 24.0 Å². The van der Waals surface area contributed by atoms with Crippen LogP contribution in [0.15, 0.2) is 60.7 Å². The maximum Gasteiger partial charge on any atom is 0.414 e. The number of carboxylic acids is 2. The molecule has 0 amide bonds. The third-order valence-corrected chi connectivity index (χ3v) is 4.44. The van der Waals surface area contributed by atoms with Crippen LogP contribution in [0.2, 0.25) is 0 Å². The molecule has 9 nitrogen and oxygen atoms in total. The fraction of sp³-hybridized carbons (Fsp3) is 0.318. The van der Waals surface area contributed by atoms with Crippen molar-refractivity contribution in [3.05, 3.63) is 71.8 Å². The Hall–Kier alpha value is -3.27.